The Balaban J connectivity index is 1.87. The summed E-state index contributed by atoms with van der Waals surface area (Å²) in [7, 11) is 0. The smallest absolute Gasteiger partial charge is 0.126 e. The van der Waals surface area contributed by atoms with Crippen molar-refractivity contribution in [2.24, 2.45) is 0 Å². The van der Waals surface area contributed by atoms with Crippen molar-refractivity contribution in [1.29, 1.82) is 0 Å². The Morgan fingerprint density at radius 2 is 2.29 bits per heavy atom. The van der Waals surface area contributed by atoms with E-state index >= 15 is 0 Å². The van der Waals surface area contributed by atoms with Crippen LogP contribution in [0.3, 0.4) is 0 Å². The molecule has 1 N–H and O–H groups in total. The third kappa shape index (κ3) is 3.01. The highest BCUT2D eigenvalue weighted by Crippen LogP contribution is 2.45. The average Bonchev–Trinajstić information content (AvgIpc) is 2.93. The van der Waals surface area contributed by atoms with Crippen molar-refractivity contribution in [1.82, 2.24) is 5.32 Å². The van der Waals surface area contributed by atoms with E-state index in [-0.39, 0.29) is 11.7 Å². The fourth-order valence-corrected chi connectivity index (χ4v) is 3.24. The Kier molecular flexibility index (Phi) is 4.36. The number of hydrogen-bond donors (Lipinski definition) is 1. The molecule has 4 heteroatoms. The zero-order valence-corrected chi connectivity index (χ0v) is 13.0. The molecule has 1 aromatic rings. The summed E-state index contributed by atoms with van der Waals surface area (Å²) in [6.45, 7) is 7.55. The molecule has 0 radical (unpaired) electrons. The van der Waals surface area contributed by atoms with Gasteiger partial charge in [-0.1, -0.05) is 6.92 Å². The molecule has 2 aliphatic rings. The first-order chi connectivity index (χ1) is 10.3. The molecule has 1 spiro atoms. The van der Waals surface area contributed by atoms with Gasteiger partial charge in [-0.15, -0.1) is 0 Å². The van der Waals surface area contributed by atoms with Crippen molar-refractivity contribution < 1.29 is 14.2 Å². The van der Waals surface area contributed by atoms with Crippen LogP contribution < -0.4 is 14.8 Å². The maximum atomic E-state index is 6.32. The zero-order valence-electron chi connectivity index (χ0n) is 13.0. The molecule has 4 nitrogen and oxygen atoms in total. The normalized spacial score (nSPS) is 27.4. The van der Waals surface area contributed by atoms with Crippen LogP contribution in [0.4, 0.5) is 0 Å². The fourth-order valence-electron chi connectivity index (χ4n) is 3.24. The van der Waals surface area contributed by atoms with E-state index in [4.69, 9.17) is 14.2 Å². The topological polar surface area (TPSA) is 39.7 Å². The third-order valence-electron chi connectivity index (χ3n) is 4.26. The van der Waals surface area contributed by atoms with E-state index < -0.39 is 0 Å². The molecule has 0 aliphatic carbocycles. The van der Waals surface area contributed by atoms with Crippen LogP contribution in [0.25, 0.3) is 0 Å². The van der Waals surface area contributed by atoms with Gasteiger partial charge in [0.05, 0.1) is 12.7 Å². The summed E-state index contributed by atoms with van der Waals surface area (Å²) in [6.07, 6.45) is 3.07. The van der Waals surface area contributed by atoms with Crippen LogP contribution in [-0.2, 0) is 4.74 Å². The van der Waals surface area contributed by atoms with E-state index in [1.807, 2.05) is 19.1 Å². The SMILES string of the molecule is CCCOc1ccc2c(c1)C(OCC)CC1(CCNC1)O2. The minimum Gasteiger partial charge on any atom is -0.494 e. The monoisotopic (exact) mass is 291 g/mol. The van der Waals surface area contributed by atoms with Crippen molar-refractivity contribution in [2.45, 2.75) is 44.8 Å². The van der Waals surface area contributed by atoms with Gasteiger partial charge in [0.1, 0.15) is 17.1 Å². The van der Waals surface area contributed by atoms with E-state index in [2.05, 4.69) is 18.3 Å². The van der Waals surface area contributed by atoms with Crippen molar-refractivity contribution in [3.8, 4) is 11.5 Å². The molecule has 2 unspecified atom stereocenters. The minimum absolute atomic E-state index is 0.0986. The van der Waals surface area contributed by atoms with Crippen LogP contribution in [0, 0.1) is 0 Å². The molecule has 2 aliphatic heterocycles. The van der Waals surface area contributed by atoms with Gasteiger partial charge in [-0.05, 0) is 38.1 Å². The Hall–Kier alpha value is -1.26. The standard InChI is InChI=1S/C17H25NO3/c1-3-9-20-13-5-6-15-14(10-13)16(19-4-2)11-17(21-15)7-8-18-12-17/h5-6,10,16,18H,3-4,7-9,11-12H2,1-2H3. The summed E-state index contributed by atoms with van der Waals surface area (Å²) in [6, 6.07) is 6.12. The quantitative estimate of drug-likeness (QED) is 0.905. The van der Waals surface area contributed by atoms with Crippen molar-refractivity contribution >= 4 is 0 Å². The predicted molar refractivity (Wildman–Crippen MR) is 82.1 cm³/mol. The van der Waals surface area contributed by atoms with Crippen LogP contribution >= 0.6 is 0 Å². The maximum Gasteiger partial charge on any atom is 0.126 e. The lowest BCUT2D eigenvalue weighted by Gasteiger charge is -2.39. The van der Waals surface area contributed by atoms with Crippen LogP contribution in [-0.4, -0.2) is 31.9 Å². The predicted octanol–water partition coefficient (Wildman–Crippen LogP) is 3.07. The lowest BCUT2D eigenvalue weighted by Crippen LogP contribution is -2.43. The van der Waals surface area contributed by atoms with Crippen LogP contribution in [0.15, 0.2) is 18.2 Å². The first-order valence-corrected chi connectivity index (χ1v) is 8.04. The number of fused-ring (bicyclic) bond motifs is 1. The minimum atomic E-state index is -0.0986. The van der Waals surface area contributed by atoms with E-state index in [1.54, 1.807) is 0 Å². The van der Waals surface area contributed by atoms with Crippen LogP contribution in [0.5, 0.6) is 11.5 Å². The zero-order chi connectivity index (χ0) is 14.7. The Bertz CT molecular complexity index is 483. The van der Waals surface area contributed by atoms with Crippen molar-refractivity contribution in [2.75, 3.05) is 26.3 Å². The summed E-state index contributed by atoms with van der Waals surface area (Å²) in [5.41, 5.74) is 1.03. The van der Waals surface area contributed by atoms with E-state index in [1.165, 1.54) is 0 Å². The van der Waals surface area contributed by atoms with Gasteiger partial charge in [-0.25, -0.2) is 0 Å². The molecule has 0 saturated carbocycles. The number of ether oxygens (including phenoxy) is 3. The highest BCUT2D eigenvalue weighted by atomic mass is 16.5. The van der Waals surface area contributed by atoms with E-state index in [0.717, 1.165) is 56.0 Å². The van der Waals surface area contributed by atoms with Gasteiger partial charge in [0.15, 0.2) is 0 Å². The van der Waals surface area contributed by atoms with Crippen LogP contribution in [0.2, 0.25) is 0 Å². The fraction of sp³-hybridized carbons (Fsp3) is 0.647. The summed E-state index contributed by atoms with van der Waals surface area (Å²) < 4.78 is 18.1. The van der Waals surface area contributed by atoms with Gasteiger partial charge in [0.2, 0.25) is 0 Å². The van der Waals surface area contributed by atoms with Gasteiger partial charge in [0, 0.05) is 31.6 Å². The molecule has 1 aromatic carbocycles. The highest BCUT2D eigenvalue weighted by molar-refractivity contribution is 5.44. The van der Waals surface area contributed by atoms with Crippen molar-refractivity contribution in [3.63, 3.8) is 0 Å². The molecule has 116 valence electrons. The summed E-state index contributed by atoms with van der Waals surface area (Å²) >= 11 is 0. The third-order valence-corrected chi connectivity index (χ3v) is 4.26. The van der Waals surface area contributed by atoms with E-state index in [9.17, 15) is 0 Å². The molecule has 1 fully saturated rings. The molecule has 0 bridgehead atoms. The second-order valence-electron chi connectivity index (χ2n) is 5.91. The number of rotatable bonds is 5. The first-order valence-electron chi connectivity index (χ1n) is 8.04. The number of nitrogens with one attached hydrogen (secondary N) is 1. The van der Waals surface area contributed by atoms with E-state index in [0.29, 0.717) is 6.61 Å². The molecule has 2 heterocycles. The molecule has 2 atom stereocenters. The molecule has 1 saturated heterocycles. The number of benzene rings is 1. The lowest BCUT2D eigenvalue weighted by atomic mass is 9.88. The Morgan fingerprint density at radius 3 is 3.00 bits per heavy atom. The molecular formula is C17H25NO3. The largest absolute Gasteiger partial charge is 0.494 e. The van der Waals surface area contributed by atoms with Gasteiger partial charge >= 0.3 is 0 Å². The summed E-state index contributed by atoms with van der Waals surface area (Å²) in [5, 5.41) is 3.41. The van der Waals surface area contributed by atoms with Gasteiger partial charge < -0.3 is 19.5 Å². The molecule has 3 rings (SSSR count). The summed E-state index contributed by atoms with van der Waals surface area (Å²) in [5.74, 6) is 1.86. The van der Waals surface area contributed by atoms with Crippen LogP contribution in [0.1, 0.15) is 44.8 Å². The first kappa shape index (κ1) is 14.7. The average molecular weight is 291 g/mol. The Morgan fingerprint density at radius 1 is 1.38 bits per heavy atom. The second-order valence-corrected chi connectivity index (χ2v) is 5.91. The highest BCUT2D eigenvalue weighted by Gasteiger charge is 2.43. The molecule has 21 heavy (non-hydrogen) atoms. The second kappa shape index (κ2) is 6.24. The van der Waals surface area contributed by atoms with Gasteiger partial charge in [-0.2, -0.15) is 0 Å². The van der Waals surface area contributed by atoms with Gasteiger partial charge in [0.25, 0.3) is 0 Å². The van der Waals surface area contributed by atoms with Crippen molar-refractivity contribution in [3.05, 3.63) is 23.8 Å². The Labute approximate surface area is 126 Å². The molecule has 0 amide bonds. The maximum absolute atomic E-state index is 6.32. The lowest BCUT2D eigenvalue weighted by molar-refractivity contribution is -0.0355. The summed E-state index contributed by atoms with van der Waals surface area (Å²) in [4.78, 5) is 0. The molecule has 0 aromatic heterocycles. The molecular weight excluding hydrogens is 266 g/mol. The number of hydrogen-bond acceptors (Lipinski definition) is 4. The van der Waals surface area contributed by atoms with Gasteiger partial charge in [-0.3, -0.25) is 0 Å².